The van der Waals surface area contributed by atoms with Crippen LogP contribution >= 0.6 is 0 Å². The first-order valence-corrected chi connectivity index (χ1v) is 11.8. The minimum absolute atomic E-state index is 0.0705. The molecule has 3 aromatic rings. The minimum Gasteiger partial charge on any atom is -0.493 e. The number of β-amino-alcohol motifs (C(OH)–C–C–N with tert-alkyl or cyclic N) is 1. The van der Waals surface area contributed by atoms with Gasteiger partial charge in [0.15, 0.2) is 23.1 Å². The molecule has 0 bridgehead atoms. The average molecular weight is 504 g/mol. The van der Waals surface area contributed by atoms with Crippen molar-refractivity contribution in [2.45, 2.75) is 25.1 Å². The highest BCUT2D eigenvalue weighted by Crippen LogP contribution is 2.29. The lowest BCUT2D eigenvalue weighted by molar-refractivity contribution is -0.0647. The number of hydrogen-bond donors (Lipinski definition) is 1. The first kappa shape index (κ1) is 25.9. The van der Waals surface area contributed by atoms with Crippen LogP contribution in [0.3, 0.4) is 0 Å². The fourth-order valence-electron chi connectivity index (χ4n) is 4.04. The molecule has 1 aliphatic rings. The molecule has 0 saturated carbocycles. The normalized spacial score (nSPS) is 18.6. The van der Waals surface area contributed by atoms with E-state index in [1.807, 2.05) is 29.0 Å². The van der Waals surface area contributed by atoms with Gasteiger partial charge in [0.25, 0.3) is 0 Å². The highest BCUT2D eigenvalue weighted by molar-refractivity contribution is 5.43. The van der Waals surface area contributed by atoms with E-state index in [1.54, 1.807) is 19.6 Å². The molecule has 0 radical (unpaired) electrons. The molecule has 1 aliphatic heterocycles. The lowest BCUT2D eigenvalue weighted by atomic mass is 10.1. The van der Waals surface area contributed by atoms with Crippen molar-refractivity contribution in [3.8, 4) is 17.2 Å². The lowest BCUT2D eigenvalue weighted by Gasteiger charge is -2.30. The molecular formula is C26H31F2N3O5. The van der Waals surface area contributed by atoms with Crippen LogP contribution in [0.1, 0.15) is 12.0 Å². The summed E-state index contributed by atoms with van der Waals surface area (Å²) < 4.78 is 51.3. The number of aromatic nitrogens is 2. The molecule has 8 nitrogen and oxygen atoms in total. The van der Waals surface area contributed by atoms with Crippen LogP contribution in [0.2, 0.25) is 0 Å². The molecule has 0 amide bonds. The number of aryl methyl sites for hydroxylation is 1. The van der Waals surface area contributed by atoms with Gasteiger partial charge in [-0.25, -0.2) is 13.8 Å². The van der Waals surface area contributed by atoms with Crippen molar-refractivity contribution in [1.82, 2.24) is 14.5 Å². The van der Waals surface area contributed by atoms with Gasteiger partial charge in [-0.2, -0.15) is 0 Å². The Balaban J connectivity index is 1.35. The molecule has 1 fully saturated rings. The topological polar surface area (TPSA) is 78.2 Å². The lowest BCUT2D eigenvalue weighted by Crippen LogP contribution is -2.48. The fraction of sp³-hybridized carbons (Fsp3) is 0.423. The molecule has 0 aliphatic carbocycles. The number of nitrogens with zero attached hydrogens (tertiary/aromatic N) is 3. The number of ether oxygens (including phenoxy) is 4. The highest BCUT2D eigenvalue weighted by Gasteiger charge is 2.33. The molecule has 1 saturated heterocycles. The van der Waals surface area contributed by atoms with Crippen LogP contribution in [0.15, 0.2) is 55.1 Å². The van der Waals surface area contributed by atoms with Crippen molar-refractivity contribution in [3.63, 3.8) is 0 Å². The van der Waals surface area contributed by atoms with Crippen LogP contribution < -0.4 is 14.2 Å². The van der Waals surface area contributed by atoms with E-state index in [1.165, 1.54) is 6.07 Å². The summed E-state index contributed by atoms with van der Waals surface area (Å²) in [6.07, 6.45) is 6.25. The zero-order valence-electron chi connectivity index (χ0n) is 20.2. The van der Waals surface area contributed by atoms with Gasteiger partial charge < -0.3 is 28.6 Å². The third-order valence-electron chi connectivity index (χ3n) is 5.85. The van der Waals surface area contributed by atoms with Crippen molar-refractivity contribution in [2.75, 3.05) is 46.6 Å². The number of imidazole rings is 1. The van der Waals surface area contributed by atoms with Crippen molar-refractivity contribution in [1.29, 1.82) is 0 Å². The van der Waals surface area contributed by atoms with Gasteiger partial charge in [-0.1, -0.05) is 6.07 Å². The zero-order chi connectivity index (χ0) is 25.4. The van der Waals surface area contributed by atoms with Crippen molar-refractivity contribution < 1.29 is 32.8 Å². The van der Waals surface area contributed by atoms with Gasteiger partial charge >= 0.3 is 0 Å². The van der Waals surface area contributed by atoms with E-state index in [0.29, 0.717) is 37.8 Å². The van der Waals surface area contributed by atoms with E-state index >= 15 is 0 Å². The van der Waals surface area contributed by atoms with E-state index in [0.717, 1.165) is 30.7 Å². The Morgan fingerprint density at radius 1 is 1.11 bits per heavy atom. The molecule has 4 rings (SSSR count). The van der Waals surface area contributed by atoms with Crippen molar-refractivity contribution >= 4 is 0 Å². The van der Waals surface area contributed by atoms with Crippen LogP contribution in [0.5, 0.6) is 17.2 Å². The predicted molar refractivity (Wildman–Crippen MR) is 128 cm³/mol. The van der Waals surface area contributed by atoms with Gasteiger partial charge in [0, 0.05) is 44.6 Å². The molecule has 0 spiro atoms. The van der Waals surface area contributed by atoms with Gasteiger partial charge in [0.1, 0.15) is 18.0 Å². The SMILES string of the molecule is COc1ccc(CN2CCOC[C@@](O)(COc3ccc(F)c(F)c3)C2)cc1OCCCn1ccnc1. The van der Waals surface area contributed by atoms with Crippen LogP contribution in [0.4, 0.5) is 8.78 Å². The van der Waals surface area contributed by atoms with E-state index < -0.39 is 17.2 Å². The van der Waals surface area contributed by atoms with Gasteiger partial charge in [-0.15, -0.1) is 0 Å². The van der Waals surface area contributed by atoms with Gasteiger partial charge in [0.2, 0.25) is 0 Å². The molecule has 0 unspecified atom stereocenters. The zero-order valence-corrected chi connectivity index (χ0v) is 20.2. The number of benzene rings is 2. The van der Waals surface area contributed by atoms with Gasteiger partial charge in [-0.3, -0.25) is 4.90 Å². The van der Waals surface area contributed by atoms with Crippen molar-refractivity contribution in [3.05, 3.63) is 72.3 Å². The highest BCUT2D eigenvalue weighted by atomic mass is 19.2. The maximum absolute atomic E-state index is 13.5. The molecule has 2 aromatic carbocycles. The molecular weight excluding hydrogens is 472 g/mol. The summed E-state index contributed by atoms with van der Waals surface area (Å²) >= 11 is 0. The summed E-state index contributed by atoms with van der Waals surface area (Å²) in [6.45, 7) is 3.17. The smallest absolute Gasteiger partial charge is 0.162 e. The van der Waals surface area contributed by atoms with Crippen molar-refractivity contribution in [2.24, 2.45) is 0 Å². The van der Waals surface area contributed by atoms with Crippen LogP contribution in [-0.4, -0.2) is 71.8 Å². The van der Waals surface area contributed by atoms with Crippen LogP contribution in [0, 0.1) is 11.6 Å². The van der Waals surface area contributed by atoms with Gasteiger partial charge in [0.05, 0.1) is 33.3 Å². The Labute approximate surface area is 209 Å². The third kappa shape index (κ3) is 7.16. The van der Waals surface area contributed by atoms with Crippen LogP contribution in [0.25, 0.3) is 0 Å². The van der Waals surface area contributed by atoms with E-state index in [-0.39, 0.29) is 25.5 Å². The second-order valence-corrected chi connectivity index (χ2v) is 8.84. The Bertz CT molecular complexity index is 1110. The standard InChI is InChI=1S/C26H31F2N3O5/c1-33-24-6-3-20(13-25(24)35-11-2-8-30-9-7-29-19-30)15-31-10-12-34-17-26(32,16-31)18-36-21-4-5-22(27)23(28)14-21/h3-7,9,13-14,19,32H,2,8,10-12,15-18H2,1H3/t26-/m1/s1. The maximum atomic E-state index is 13.5. The molecule has 2 heterocycles. The second kappa shape index (κ2) is 12.2. The summed E-state index contributed by atoms with van der Waals surface area (Å²) in [7, 11) is 1.60. The number of halogens is 2. The summed E-state index contributed by atoms with van der Waals surface area (Å²) in [6, 6.07) is 9.05. The Kier molecular flexibility index (Phi) is 8.74. The first-order valence-electron chi connectivity index (χ1n) is 11.8. The Hall–Kier alpha value is -3.21. The van der Waals surface area contributed by atoms with E-state index in [2.05, 4.69) is 9.88 Å². The molecule has 1 aromatic heterocycles. The Morgan fingerprint density at radius 2 is 2.00 bits per heavy atom. The largest absolute Gasteiger partial charge is 0.493 e. The first-order chi connectivity index (χ1) is 17.4. The number of rotatable bonds is 11. The Morgan fingerprint density at radius 3 is 2.78 bits per heavy atom. The summed E-state index contributed by atoms with van der Waals surface area (Å²) in [5.41, 5.74) is -0.327. The molecule has 10 heteroatoms. The number of methoxy groups -OCH3 is 1. The molecule has 1 atom stereocenters. The monoisotopic (exact) mass is 503 g/mol. The van der Waals surface area contributed by atoms with Gasteiger partial charge in [-0.05, 0) is 36.2 Å². The maximum Gasteiger partial charge on any atom is 0.162 e. The quantitative estimate of drug-likeness (QED) is 0.403. The van der Waals surface area contributed by atoms with E-state index in [4.69, 9.17) is 18.9 Å². The predicted octanol–water partition coefficient (Wildman–Crippen LogP) is 3.28. The summed E-state index contributed by atoms with van der Waals surface area (Å²) in [5.74, 6) is -0.507. The average Bonchev–Trinajstić information content (AvgIpc) is 3.32. The molecule has 1 N–H and O–H groups in total. The number of aliphatic hydroxyl groups is 1. The molecule has 194 valence electrons. The summed E-state index contributed by atoms with van der Waals surface area (Å²) in [4.78, 5) is 6.10. The second-order valence-electron chi connectivity index (χ2n) is 8.84. The number of hydrogen-bond acceptors (Lipinski definition) is 7. The third-order valence-corrected chi connectivity index (χ3v) is 5.85. The minimum atomic E-state index is -1.32. The summed E-state index contributed by atoms with van der Waals surface area (Å²) in [5, 5.41) is 11.1. The van der Waals surface area contributed by atoms with E-state index in [9.17, 15) is 13.9 Å². The fourth-order valence-corrected chi connectivity index (χ4v) is 4.04. The van der Waals surface area contributed by atoms with Crippen LogP contribution in [-0.2, 0) is 17.8 Å². The molecule has 36 heavy (non-hydrogen) atoms.